The summed E-state index contributed by atoms with van der Waals surface area (Å²) in [6.07, 6.45) is 6.30. The molecule has 1 fully saturated rings. The van der Waals surface area contributed by atoms with Crippen LogP contribution in [0.2, 0.25) is 0 Å². The van der Waals surface area contributed by atoms with Crippen molar-refractivity contribution < 1.29 is 4.79 Å². The monoisotopic (exact) mass is 340 g/mol. The maximum Gasteiger partial charge on any atom is 0.255 e. The van der Waals surface area contributed by atoms with Gasteiger partial charge in [-0.1, -0.05) is 6.07 Å². The van der Waals surface area contributed by atoms with Crippen LogP contribution in [0.3, 0.4) is 0 Å². The second kappa shape index (κ2) is 8.07. The molecule has 1 atom stereocenters. The van der Waals surface area contributed by atoms with Crippen LogP contribution in [-0.4, -0.2) is 39.5 Å². The van der Waals surface area contributed by atoms with Crippen LogP contribution in [0.1, 0.15) is 35.3 Å². The van der Waals surface area contributed by atoms with E-state index in [9.17, 15) is 9.59 Å². The molecule has 0 radical (unpaired) electrons. The Morgan fingerprint density at radius 3 is 2.92 bits per heavy atom. The average molecular weight is 340 g/mol. The number of nitrogens with zero attached hydrogens (tertiary/aromatic N) is 3. The second-order valence-electron chi connectivity index (χ2n) is 6.46. The fourth-order valence-corrected chi connectivity index (χ4v) is 3.23. The first-order valence-electron chi connectivity index (χ1n) is 8.73. The predicted molar refractivity (Wildman–Crippen MR) is 96.3 cm³/mol. The van der Waals surface area contributed by atoms with E-state index in [1.165, 1.54) is 10.6 Å². The Bertz CT molecular complexity index is 764. The van der Waals surface area contributed by atoms with Gasteiger partial charge in [-0.2, -0.15) is 0 Å². The summed E-state index contributed by atoms with van der Waals surface area (Å²) in [5, 5.41) is 3.39. The van der Waals surface area contributed by atoms with E-state index in [0.29, 0.717) is 12.1 Å². The normalized spacial score (nSPS) is 17.7. The Morgan fingerprint density at radius 2 is 2.16 bits per heavy atom. The highest BCUT2D eigenvalue weighted by Gasteiger charge is 2.26. The molecule has 2 aromatic rings. The number of pyridine rings is 2. The lowest BCUT2D eigenvalue weighted by Crippen LogP contribution is -2.41. The van der Waals surface area contributed by atoms with Crippen molar-refractivity contribution >= 4 is 5.91 Å². The summed E-state index contributed by atoms with van der Waals surface area (Å²) in [6.45, 7) is 2.37. The molecule has 3 rings (SSSR count). The average Bonchev–Trinajstić information content (AvgIpc) is 2.91. The van der Waals surface area contributed by atoms with Gasteiger partial charge in [0.05, 0.1) is 17.8 Å². The minimum absolute atomic E-state index is 0.0480. The fourth-order valence-electron chi connectivity index (χ4n) is 3.23. The molecule has 0 saturated carbocycles. The highest BCUT2D eigenvalue weighted by Crippen LogP contribution is 2.19. The number of carbonyl (C=O) groups is 1. The van der Waals surface area contributed by atoms with E-state index in [-0.39, 0.29) is 17.5 Å². The van der Waals surface area contributed by atoms with Gasteiger partial charge in [0.1, 0.15) is 0 Å². The highest BCUT2D eigenvalue weighted by molar-refractivity contribution is 5.94. The lowest BCUT2D eigenvalue weighted by atomic mass is 10.1. The fraction of sp³-hybridized carbons (Fsp3) is 0.421. The van der Waals surface area contributed by atoms with E-state index in [1.807, 2.05) is 23.1 Å². The summed E-state index contributed by atoms with van der Waals surface area (Å²) in [7, 11) is 1.66. The lowest BCUT2D eigenvalue weighted by molar-refractivity contribution is 0.0641. The summed E-state index contributed by atoms with van der Waals surface area (Å²) >= 11 is 0. The number of amides is 1. The van der Waals surface area contributed by atoms with Gasteiger partial charge >= 0.3 is 0 Å². The SMILES string of the molecule is Cn1cc(C(=O)N(Cc2ccccn2)C2CCCNCC2)ccc1=O. The largest absolute Gasteiger partial charge is 0.330 e. The van der Waals surface area contributed by atoms with Crippen molar-refractivity contribution in [1.29, 1.82) is 0 Å². The van der Waals surface area contributed by atoms with Crippen molar-refractivity contribution in [3.63, 3.8) is 0 Å². The standard InChI is InChI=1S/C19H24N4O2/c1-22-13-15(7-8-18(22)24)19(25)23(14-16-5-2-3-11-21-16)17-6-4-10-20-12-9-17/h2-3,5,7-8,11,13,17,20H,4,6,9-10,12,14H2,1H3. The molecule has 6 nitrogen and oxygen atoms in total. The number of aromatic nitrogens is 2. The molecule has 6 heteroatoms. The Kier molecular flexibility index (Phi) is 5.60. The molecule has 25 heavy (non-hydrogen) atoms. The third-order valence-electron chi connectivity index (χ3n) is 4.64. The number of carbonyl (C=O) groups excluding carboxylic acids is 1. The maximum absolute atomic E-state index is 13.2. The molecule has 1 aliphatic rings. The van der Waals surface area contributed by atoms with Crippen molar-refractivity contribution in [2.45, 2.75) is 31.8 Å². The van der Waals surface area contributed by atoms with E-state index >= 15 is 0 Å². The summed E-state index contributed by atoms with van der Waals surface area (Å²) in [6, 6.07) is 8.98. The van der Waals surface area contributed by atoms with Gasteiger partial charge in [-0.05, 0) is 50.6 Å². The topological polar surface area (TPSA) is 67.2 Å². The Labute approximate surface area is 147 Å². The quantitative estimate of drug-likeness (QED) is 0.917. The van der Waals surface area contributed by atoms with Crippen LogP contribution in [-0.2, 0) is 13.6 Å². The molecule has 1 aliphatic heterocycles. The molecule has 1 saturated heterocycles. The molecule has 2 aromatic heterocycles. The smallest absolute Gasteiger partial charge is 0.255 e. The van der Waals surface area contributed by atoms with E-state index in [4.69, 9.17) is 0 Å². The number of aryl methyl sites for hydroxylation is 1. The summed E-state index contributed by atoms with van der Waals surface area (Å²) in [4.78, 5) is 31.1. The van der Waals surface area contributed by atoms with Crippen molar-refractivity contribution in [2.24, 2.45) is 7.05 Å². The first-order chi connectivity index (χ1) is 12.1. The number of nitrogens with one attached hydrogen (secondary N) is 1. The van der Waals surface area contributed by atoms with Crippen LogP contribution < -0.4 is 10.9 Å². The van der Waals surface area contributed by atoms with E-state index in [2.05, 4.69) is 10.3 Å². The van der Waals surface area contributed by atoms with Gasteiger partial charge in [0, 0.05) is 31.5 Å². The van der Waals surface area contributed by atoms with E-state index in [1.54, 1.807) is 25.5 Å². The third kappa shape index (κ3) is 4.33. The highest BCUT2D eigenvalue weighted by atomic mass is 16.2. The van der Waals surface area contributed by atoms with Gasteiger partial charge in [-0.25, -0.2) is 0 Å². The first kappa shape index (κ1) is 17.4. The third-order valence-corrected chi connectivity index (χ3v) is 4.64. The number of rotatable bonds is 4. The summed E-state index contributed by atoms with van der Waals surface area (Å²) in [5.41, 5.74) is 1.29. The lowest BCUT2D eigenvalue weighted by Gasteiger charge is -2.31. The van der Waals surface area contributed by atoms with Crippen LogP contribution in [0.5, 0.6) is 0 Å². The molecule has 0 aliphatic carbocycles. The van der Waals surface area contributed by atoms with E-state index in [0.717, 1.165) is 38.0 Å². The zero-order valence-corrected chi connectivity index (χ0v) is 14.5. The molecular weight excluding hydrogens is 316 g/mol. The van der Waals surface area contributed by atoms with Gasteiger partial charge in [0.15, 0.2) is 0 Å². The maximum atomic E-state index is 13.2. The minimum atomic E-state index is -0.119. The molecular formula is C19H24N4O2. The molecule has 0 bridgehead atoms. The van der Waals surface area contributed by atoms with Gasteiger partial charge in [-0.15, -0.1) is 0 Å². The Balaban J connectivity index is 1.89. The van der Waals surface area contributed by atoms with Gasteiger partial charge in [0.25, 0.3) is 5.91 Å². The minimum Gasteiger partial charge on any atom is -0.330 e. The van der Waals surface area contributed by atoms with Crippen LogP contribution in [0.4, 0.5) is 0 Å². The molecule has 132 valence electrons. The first-order valence-corrected chi connectivity index (χ1v) is 8.73. The molecule has 1 N–H and O–H groups in total. The summed E-state index contributed by atoms with van der Waals surface area (Å²) < 4.78 is 1.45. The molecule has 0 spiro atoms. The van der Waals surface area contributed by atoms with Crippen LogP contribution in [0, 0.1) is 0 Å². The molecule has 1 unspecified atom stereocenters. The molecule has 3 heterocycles. The Hall–Kier alpha value is -2.47. The van der Waals surface area contributed by atoms with Crippen LogP contribution >= 0.6 is 0 Å². The van der Waals surface area contributed by atoms with Gasteiger partial charge in [-0.3, -0.25) is 14.6 Å². The van der Waals surface area contributed by atoms with Crippen molar-refractivity contribution in [3.05, 3.63) is 64.3 Å². The molecule has 1 amide bonds. The van der Waals surface area contributed by atoms with Crippen molar-refractivity contribution in [2.75, 3.05) is 13.1 Å². The Morgan fingerprint density at radius 1 is 1.28 bits per heavy atom. The zero-order chi connectivity index (χ0) is 17.6. The van der Waals surface area contributed by atoms with Crippen LogP contribution in [0.15, 0.2) is 47.5 Å². The van der Waals surface area contributed by atoms with Crippen molar-refractivity contribution in [3.8, 4) is 0 Å². The number of hydrogen-bond acceptors (Lipinski definition) is 4. The van der Waals surface area contributed by atoms with Crippen molar-refractivity contribution in [1.82, 2.24) is 19.8 Å². The predicted octanol–water partition coefficient (Wildman–Crippen LogP) is 1.56. The number of hydrogen-bond donors (Lipinski definition) is 1. The zero-order valence-electron chi connectivity index (χ0n) is 14.5. The summed E-state index contributed by atoms with van der Waals surface area (Å²) in [5.74, 6) is -0.0480. The van der Waals surface area contributed by atoms with Crippen LogP contribution in [0.25, 0.3) is 0 Å². The molecule has 0 aromatic carbocycles. The second-order valence-corrected chi connectivity index (χ2v) is 6.46. The van der Waals surface area contributed by atoms with Gasteiger partial charge < -0.3 is 14.8 Å². The van der Waals surface area contributed by atoms with E-state index < -0.39 is 0 Å². The van der Waals surface area contributed by atoms with Gasteiger partial charge in [0.2, 0.25) is 5.56 Å².